The van der Waals surface area contributed by atoms with Gasteiger partial charge in [0.05, 0.1) is 25.2 Å². The number of phenols is 1. The largest absolute Gasteiger partial charge is 0.504 e. The molecular formula is C12H12ClN3O2. The maximum Gasteiger partial charge on any atom is 0.162 e. The second-order valence-corrected chi connectivity index (χ2v) is 4.03. The van der Waals surface area contributed by atoms with Crippen molar-refractivity contribution in [1.29, 1.82) is 0 Å². The van der Waals surface area contributed by atoms with Gasteiger partial charge in [-0.25, -0.2) is 9.97 Å². The van der Waals surface area contributed by atoms with Crippen molar-refractivity contribution in [1.82, 2.24) is 9.97 Å². The molecule has 0 aliphatic rings. The predicted molar refractivity (Wildman–Crippen MR) is 69.0 cm³/mol. The lowest BCUT2D eigenvalue weighted by Crippen LogP contribution is -2.01. The summed E-state index contributed by atoms with van der Waals surface area (Å²) in [4.78, 5) is 7.77. The summed E-state index contributed by atoms with van der Waals surface area (Å²) < 4.78 is 5.03. The van der Waals surface area contributed by atoms with Crippen molar-refractivity contribution in [3.63, 3.8) is 0 Å². The van der Waals surface area contributed by atoms with E-state index in [1.807, 2.05) is 0 Å². The predicted octanol–water partition coefficient (Wildman–Crippen LogP) is 2.46. The summed E-state index contributed by atoms with van der Waals surface area (Å²) in [7, 11) is 1.48. The molecule has 6 heteroatoms. The van der Waals surface area contributed by atoms with E-state index in [4.69, 9.17) is 16.3 Å². The third kappa shape index (κ3) is 2.81. The standard InChI is InChI=1S/C12H12ClN3O2/c1-18-11-3-9(13)2-8(12(11)17)4-16-10-5-14-7-15-6-10/h2-3,5-7,16-17H,4H2,1H3. The van der Waals surface area contributed by atoms with Crippen molar-refractivity contribution in [2.24, 2.45) is 0 Å². The van der Waals surface area contributed by atoms with Gasteiger partial charge in [-0.15, -0.1) is 0 Å². The molecule has 1 aromatic heterocycles. The van der Waals surface area contributed by atoms with Crippen molar-refractivity contribution >= 4 is 17.3 Å². The van der Waals surface area contributed by atoms with Crippen molar-refractivity contribution in [2.75, 3.05) is 12.4 Å². The summed E-state index contributed by atoms with van der Waals surface area (Å²) in [5.41, 5.74) is 1.40. The van der Waals surface area contributed by atoms with Gasteiger partial charge in [0.2, 0.25) is 0 Å². The summed E-state index contributed by atoms with van der Waals surface area (Å²) in [5.74, 6) is 0.426. The minimum absolute atomic E-state index is 0.0752. The molecule has 5 nitrogen and oxygen atoms in total. The van der Waals surface area contributed by atoms with E-state index in [-0.39, 0.29) is 5.75 Å². The normalized spacial score (nSPS) is 10.1. The summed E-state index contributed by atoms with van der Waals surface area (Å²) in [6, 6.07) is 3.24. The van der Waals surface area contributed by atoms with Gasteiger partial charge in [0.25, 0.3) is 0 Å². The zero-order valence-corrected chi connectivity index (χ0v) is 10.5. The fraction of sp³-hybridized carbons (Fsp3) is 0.167. The van der Waals surface area contributed by atoms with Crippen LogP contribution in [-0.4, -0.2) is 22.2 Å². The molecule has 2 N–H and O–H groups in total. The third-order valence-corrected chi connectivity index (χ3v) is 2.60. The van der Waals surface area contributed by atoms with Crippen LogP contribution in [0.3, 0.4) is 0 Å². The lowest BCUT2D eigenvalue weighted by atomic mass is 10.2. The van der Waals surface area contributed by atoms with E-state index in [2.05, 4.69) is 15.3 Å². The Morgan fingerprint density at radius 3 is 2.72 bits per heavy atom. The number of hydrogen-bond acceptors (Lipinski definition) is 5. The van der Waals surface area contributed by atoms with E-state index < -0.39 is 0 Å². The van der Waals surface area contributed by atoms with Gasteiger partial charge < -0.3 is 15.2 Å². The zero-order valence-electron chi connectivity index (χ0n) is 9.72. The van der Waals surface area contributed by atoms with Crippen LogP contribution in [0.5, 0.6) is 11.5 Å². The maximum absolute atomic E-state index is 9.94. The number of methoxy groups -OCH3 is 1. The third-order valence-electron chi connectivity index (χ3n) is 2.38. The Kier molecular flexibility index (Phi) is 3.84. The Bertz CT molecular complexity index is 534. The van der Waals surface area contributed by atoms with E-state index in [1.165, 1.54) is 13.4 Å². The van der Waals surface area contributed by atoms with E-state index in [0.29, 0.717) is 22.9 Å². The molecule has 1 aromatic carbocycles. The van der Waals surface area contributed by atoms with Crippen LogP contribution in [0, 0.1) is 0 Å². The van der Waals surface area contributed by atoms with Crippen molar-refractivity contribution in [3.8, 4) is 11.5 Å². The molecule has 0 saturated carbocycles. The minimum atomic E-state index is 0.0752. The van der Waals surface area contributed by atoms with Crippen molar-refractivity contribution < 1.29 is 9.84 Å². The van der Waals surface area contributed by atoms with Gasteiger partial charge in [0, 0.05) is 23.2 Å². The summed E-state index contributed by atoms with van der Waals surface area (Å²) in [5, 5.41) is 13.5. The zero-order chi connectivity index (χ0) is 13.0. The number of aromatic nitrogens is 2. The fourth-order valence-electron chi connectivity index (χ4n) is 1.51. The van der Waals surface area contributed by atoms with Gasteiger partial charge in [-0.1, -0.05) is 11.6 Å². The van der Waals surface area contributed by atoms with E-state index in [0.717, 1.165) is 5.69 Å². The minimum Gasteiger partial charge on any atom is -0.504 e. The molecule has 0 atom stereocenters. The Hall–Kier alpha value is -2.01. The summed E-state index contributed by atoms with van der Waals surface area (Å²) >= 11 is 5.94. The molecule has 0 aliphatic carbocycles. The average molecular weight is 266 g/mol. The quantitative estimate of drug-likeness (QED) is 0.889. The molecule has 94 valence electrons. The topological polar surface area (TPSA) is 67.3 Å². The van der Waals surface area contributed by atoms with E-state index in [9.17, 15) is 5.11 Å². The molecule has 1 heterocycles. The second kappa shape index (κ2) is 5.55. The van der Waals surface area contributed by atoms with Gasteiger partial charge >= 0.3 is 0 Å². The first-order valence-corrected chi connectivity index (χ1v) is 5.62. The number of hydrogen-bond donors (Lipinski definition) is 2. The first kappa shape index (κ1) is 12.4. The van der Waals surface area contributed by atoms with Crippen LogP contribution in [0.25, 0.3) is 0 Å². The average Bonchev–Trinajstić information content (AvgIpc) is 2.40. The number of rotatable bonds is 4. The van der Waals surface area contributed by atoms with Crippen LogP contribution in [0.4, 0.5) is 5.69 Å². The lowest BCUT2D eigenvalue weighted by Gasteiger charge is -2.11. The number of benzene rings is 1. The fourth-order valence-corrected chi connectivity index (χ4v) is 1.74. The molecule has 0 saturated heterocycles. The van der Waals surface area contributed by atoms with Gasteiger partial charge in [0.1, 0.15) is 6.33 Å². The molecule has 0 aliphatic heterocycles. The van der Waals surface area contributed by atoms with E-state index in [1.54, 1.807) is 24.5 Å². The SMILES string of the molecule is COc1cc(Cl)cc(CNc2cncnc2)c1O. The number of aromatic hydroxyl groups is 1. The van der Waals surface area contributed by atoms with Crippen LogP contribution >= 0.6 is 11.6 Å². The number of ether oxygens (including phenoxy) is 1. The molecule has 18 heavy (non-hydrogen) atoms. The summed E-state index contributed by atoms with van der Waals surface area (Å²) in [6.45, 7) is 0.399. The number of nitrogens with zero attached hydrogens (tertiary/aromatic N) is 2. The highest BCUT2D eigenvalue weighted by molar-refractivity contribution is 6.30. The smallest absolute Gasteiger partial charge is 0.162 e. The number of anilines is 1. The molecule has 0 radical (unpaired) electrons. The highest BCUT2D eigenvalue weighted by atomic mass is 35.5. The van der Waals surface area contributed by atoms with E-state index >= 15 is 0 Å². The van der Waals surface area contributed by atoms with Gasteiger partial charge in [-0.2, -0.15) is 0 Å². The molecule has 0 bridgehead atoms. The molecular weight excluding hydrogens is 254 g/mol. The van der Waals surface area contributed by atoms with Crippen LogP contribution in [-0.2, 0) is 6.54 Å². The number of phenolic OH excluding ortho intramolecular Hbond substituents is 1. The van der Waals surface area contributed by atoms with Gasteiger partial charge in [-0.3, -0.25) is 0 Å². The van der Waals surface area contributed by atoms with Crippen molar-refractivity contribution in [2.45, 2.75) is 6.54 Å². The number of halogens is 1. The number of nitrogens with one attached hydrogen (secondary N) is 1. The van der Waals surface area contributed by atoms with Crippen LogP contribution in [0.15, 0.2) is 30.9 Å². The molecule has 0 fully saturated rings. The van der Waals surface area contributed by atoms with Crippen LogP contribution in [0.1, 0.15) is 5.56 Å². The molecule has 0 amide bonds. The van der Waals surface area contributed by atoms with Gasteiger partial charge in [-0.05, 0) is 6.07 Å². The highest BCUT2D eigenvalue weighted by Gasteiger charge is 2.09. The first-order valence-electron chi connectivity index (χ1n) is 5.25. The lowest BCUT2D eigenvalue weighted by molar-refractivity contribution is 0.371. The maximum atomic E-state index is 9.94. The Labute approximate surface area is 109 Å². The summed E-state index contributed by atoms with van der Waals surface area (Å²) in [6.07, 6.45) is 4.74. The van der Waals surface area contributed by atoms with Gasteiger partial charge in [0.15, 0.2) is 11.5 Å². The first-order chi connectivity index (χ1) is 8.70. The molecule has 0 unspecified atom stereocenters. The second-order valence-electron chi connectivity index (χ2n) is 3.60. The Morgan fingerprint density at radius 1 is 1.33 bits per heavy atom. The Balaban J connectivity index is 2.17. The van der Waals surface area contributed by atoms with Crippen molar-refractivity contribution in [3.05, 3.63) is 41.4 Å². The Morgan fingerprint density at radius 2 is 2.06 bits per heavy atom. The molecule has 0 spiro atoms. The molecule has 2 aromatic rings. The molecule has 2 rings (SSSR count). The van der Waals surface area contributed by atoms with Crippen LogP contribution < -0.4 is 10.1 Å². The highest BCUT2D eigenvalue weighted by Crippen LogP contribution is 2.33. The van der Waals surface area contributed by atoms with Crippen LogP contribution in [0.2, 0.25) is 5.02 Å². The monoisotopic (exact) mass is 265 g/mol.